The van der Waals surface area contributed by atoms with Gasteiger partial charge in [0, 0.05) is 17.4 Å². The fourth-order valence-corrected chi connectivity index (χ4v) is 2.67. The van der Waals surface area contributed by atoms with E-state index in [1.807, 2.05) is 30.3 Å². The first-order valence-corrected chi connectivity index (χ1v) is 7.96. The smallest absolute Gasteiger partial charge is 0.258 e. The van der Waals surface area contributed by atoms with Gasteiger partial charge in [-0.3, -0.25) is 4.79 Å². The fraction of sp³-hybridized carbons (Fsp3) is 0. The average molecular weight is 350 g/mol. The molecule has 1 amide bonds. The summed E-state index contributed by atoms with van der Waals surface area (Å²) >= 11 is 5.95. The number of hydrogen-bond donors (Lipinski definition) is 1. The minimum atomic E-state index is -0.329. The van der Waals surface area contributed by atoms with Crippen LogP contribution in [-0.4, -0.2) is 15.9 Å². The number of aromatic nitrogens is 2. The summed E-state index contributed by atoms with van der Waals surface area (Å²) in [6, 6.07) is 18.2. The molecule has 6 heteroatoms. The van der Waals surface area contributed by atoms with E-state index in [1.165, 1.54) is 6.20 Å². The van der Waals surface area contributed by atoms with Crippen LogP contribution in [0.25, 0.3) is 22.6 Å². The van der Waals surface area contributed by atoms with Crippen molar-refractivity contribution in [1.29, 1.82) is 0 Å². The zero-order chi connectivity index (χ0) is 17.2. The van der Waals surface area contributed by atoms with E-state index < -0.39 is 0 Å². The number of carbonyl (C=O) groups excluding carboxylic acids is 1. The summed E-state index contributed by atoms with van der Waals surface area (Å²) < 4.78 is 5.76. The highest BCUT2D eigenvalue weighted by Crippen LogP contribution is 2.26. The van der Waals surface area contributed by atoms with Gasteiger partial charge in [0.15, 0.2) is 5.58 Å². The largest absolute Gasteiger partial charge is 0.436 e. The zero-order valence-corrected chi connectivity index (χ0v) is 13.7. The van der Waals surface area contributed by atoms with E-state index >= 15 is 0 Å². The van der Waals surface area contributed by atoms with Crippen molar-refractivity contribution in [2.24, 2.45) is 0 Å². The summed E-state index contributed by atoms with van der Waals surface area (Å²) in [6.45, 7) is 0. The number of benzene rings is 2. The summed E-state index contributed by atoms with van der Waals surface area (Å²) in [5.74, 6) is 0.207. The molecule has 0 bridgehead atoms. The minimum Gasteiger partial charge on any atom is -0.436 e. The zero-order valence-electron chi connectivity index (χ0n) is 12.9. The maximum atomic E-state index is 12.3. The monoisotopic (exact) mass is 349 g/mol. The van der Waals surface area contributed by atoms with Crippen molar-refractivity contribution in [3.63, 3.8) is 0 Å². The number of pyridine rings is 1. The number of oxazole rings is 1. The van der Waals surface area contributed by atoms with Crippen molar-refractivity contribution in [3.8, 4) is 11.5 Å². The first-order chi connectivity index (χ1) is 12.2. The second-order valence-corrected chi connectivity index (χ2v) is 5.72. The molecule has 0 atom stereocenters. The van der Waals surface area contributed by atoms with Gasteiger partial charge in [0.1, 0.15) is 10.7 Å². The topological polar surface area (TPSA) is 68.0 Å². The van der Waals surface area contributed by atoms with Crippen LogP contribution in [-0.2, 0) is 0 Å². The third kappa shape index (κ3) is 3.09. The molecule has 0 aliphatic heterocycles. The SMILES string of the molecule is O=C(Nc1ccc2oc(-c3ccccc3)nc2c1)c1cccnc1Cl. The second-order valence-electron chi connectivity index (χ2n) is 5.36. The number of rotatable bonds is 3. The molecular weight excluding hydrogens is 338 g/mol. The van der Waals surface area contributed by atoms with Gasteiger partial charge in [-0.05, 0) is 42.5 Å². The third-order valence-electron chi connectivity index (χ3n) is 3.67. The molecule has 25 heavy (non-hydrogen) atoms. The van der Waals surface area contributed by atoms with Gasteiger partial charge in [0.25, 0.3) is 5.91 Å². The first-order valence-electron chi connectivity index (χ1n) is 7.58. The lowest BCUT2D eigenvalue weighted by atomic mass is 10.2. The highest BCUT2D eigenvalue weighted by Gasteiger charge is 2.13. The maximum absolute atomic E-state index is 12.3. The predicted octanol–water partition coefficient (Wildman–Crippen LogP) is 4.80. The molecule has 0 fully saturated rings. The number of nitrogens with zero attached hydrogens (tertiary/aromatic N) is 2. The van der Waals surface area contributed by atoms with Gasteiger partial charge in [-0.1, -0.05) is 29.8 Å². The molecule has 0 unspecified atom stereocenters. The molecule has 2 aromatic carbocycles. The van der Waals surface area contributed by atoms with Crippen molar-refractivity contribution in [2.45, 2.75) is 0 Å². The molecule has 5 nitrogen and oxygen atoms in total. The molecule has 0 radical (unpaired) electrons. The Hall–Kier alpha value is -3.18. The van der Waals surface area contributed by atoms with Crippen molar-refractivity contribution < 1.29 is 9.21 Å². The molecule has 2 heterocycles. The Morgan fingerprint density at radius 2 is 1.88 bits per heavy atom. The molecule has 122 valence electrons. The number of halogens is 1. The average Bonchev–Trinajstić information content (AvgIpc) is 3.06. The summed E-state index contributed by atoms with van der Waals surface area (Å²) in [4.78, 5) is 20.7. The van der Waals surface area contributed by atoms with Crippen LogP contribution >= 0.6 is 11.6 Å². The molecule has 0 aliphatic carbocycles. The maximum Gasteiger partial charge on any atom is 0.258 e. The predicted molar refractivity (Wildman–Crippen MR) is 96.6 cm³/mol. The number of carbonyl (C=O) groups is 1. The molecule has 4 rings (SSSR count). The Bertz CT molecular complexity index is 1060. The standard InChI is InChI=1S/C19H12ClN3O2/c20-17-14(7-4-10-21-17)18(24)22-13-8-9-16-15(11-13)23-19(25-16)12-5-2-1-3-6-12/h1-11H,(H,22,24). The van der Waals surface area contributed by atoms with Crippen LogP contribution < -0.4 is 5.32 Å². The Morgan fingerprint density at radius 1 is 1.04 bits per heavy atom. The molecule has 2 aromatic heterocycles. The molecule has 1 N–H and O–H groups in total. The van der Waals surface area contributed by atoms with E-state index in [4.69, 9.17) is 16.0 Å². The lowest BCUT2D eigenvalue weighted by Crippen LogP contribution is -2.12. The molecule has 0 saturated heterocycles. The molecule has 4 aromatic rings. The van der Waals surface area contributed by atoms with Crippen molar-refractivity contribution in [3.05, 3.63) is 77.6 Å². The lowest BCUT2D eigenvalue weighted by molar-refractivity contribution is 0.102. The fourth-order valence-electron chi connectivity index (χ4n) is 2.46. The van der Waals surface area contributed by atoms with Crippen LogP contribution in [0.15, 0.2) is 71.3 Å². The molecule has 0 saturated carbocycles. The van der Waals surface area contributed by atoms with Crippen LogP contribution in [0, 0.1) is 0 Å². The number of fused-ring (bicyclic) bond motifs is 1. The summed E-state index contributed by atoms with van der Waals surface area (Å²) in [5, 5.41) is 2.96. The van der Waals surface area contributed by atoms with Crippen LogP contribution in [0.3, 0.4) is 0 Å². The van der Waals surface area contributed by atoms with E-state index in [1.54, 1.807) is 30.3 Å². The number of hydrogen-bond acceptors (Lipinski definition) is 4. The quantitative estimate of drug-likeness (QED) is 0.540. The van der Waals surface area contributed by atoms with Crippen molar-refractivity contribution in [2.75, 3.05) is 5.32 Å². The Kier molecular flexibility index (Phi) is 3.91. The van der Waals surface area contributed by atoms with Crippen molar-refractivity contribution >= 4 is 34.3 Å². The van der Waals surface area contributed by atoms with Crippen LogP contribution in [0.2, 0.25) is 5.15 Å². The normalized spacial score (nSPS) is 10.8. The number of amides is 1. The van der Waals surface area contributed by atoms with Gasteiger partial charge >= 0.3 is 0 Å². The van der Waals surface area contributed by atoms with E-state index in [0.717, 1.165) is 5.56 Å². The van der Waals surface area contributed by atoms with Gasteiger partial charge in [-0.2, -0.15) is 0 Å². The van der Waals surface area contributed by atoms with Gasteiger partial charge in [-0.15, -0.1) is 0 Å². The van der Waals surface area contributed by atoms with Crippen LogP contribution in [0.4, 0.5) is 5.69 Å². The molecule has 0 aliphatic rings. The van der Waals surface area contributed by atoms with E-state index in [2.05, 4.69) is 15.3 Å². The van der Waals surface area contributed by atoms with E-state index in [-0.39, 0.29) is 11.1 Å². The van der Waals surface area contributed by atoms with Gasteiger partial charge < -0.3 is 9.73 Å². The lowest BCUT2D eigenvalue weighted by Gasteiger charge is -2.05. The van der Waals surface area contributed by atoms with Gasteiger partial charge in [0.2, 0.25) is 5.89 Å². The van der Waals surface area contributed by atoms with Gasteiger partial charge in [0.05, 0.1) is 5.56 Å². The van der Waals surface area contributed by atoms with Crippen molar-refractivity contribution in [1.82, 2.24) is 9.97 Å². The number of anilines is 1. The third-order valence-corrected chi connectivity index (χ3v) is 3.97. The summed E-state index contributed by atoms with van der Waals surface area (Å²) in [5.41, 5.74) is 3.12. The van der Waals surface area contributed by atoms with Crippen LogP contribution in [0.5, 0.6) is 0 Å². The Morgan fingerprint density at radius 3 is 2.68 bits per heavy atom. The Labute approximate surface area is 148 Å². The van der Waals surface area contributed by atoms with E-state index in [0.29, 0.717) is 28.2 Å². The second kappa shape index (κ2) is 6.37. The van der Waals surface area contributed by atoms with Gasteiger partial charge in [-0.25, -0.2) is 9.97 Å². The summed E-state index contributed by atoms with van der Waals surface area (Å²) in [6.07, 6.45) is 1.53. The summed E-state index contributed by atoms with van der Waals surface area (Å²) in [7, 11) is 0. The van der Waals surface area contributed by atoms with Crippen LogP contribution in [0.1, 0.15) is 10.4 Å². The molecular formula is C19H12ClN3O2. The highest BCUT2D eigenvalue weighted by atomic mass is 35.5. The Balaban J connectivity index is 1.63. The first kappa shape index (κ1) is 15.4. The molecule has 0 spiro atoms. The minimum absolute atomic E-state index is 0.161. The highest BCUT2D eigenvalue weighted by molar-refractivity contribution is 6.33. The number of nitrogens with one attached hydrogen (secondary N) is 1. The van der Waals surface area contributed by atoms with E-state index in [9.17, 15) is 4.79 Å².